The van der Waals surface area contributed by atoms with E-state index in [1.165, 1.54) is 23.5 Å². The fourth-order valence-electron chi connectivity index (χ4n) is 3.63. The van der Waals surface area contributed by atoms with Crippen LogP contribution in [-0.2, 0) is 4.79 Å². The van der Waals surface area contributed by atoms with Crippen LogP contribution in [0.15, 0.2) is 41.8 Å². The standard InChI is InChI=1S/C22H26FN3O3S/c1-14(2)24-21(28)19(25-20(27)18-8-5-13-30-18)15-9-11-26(12-10-15)22(29)16-6-3-4-7-17(16)23/h3-8,13-15,19H,9-12H2,1-2H3,(H,24,28)(H,25,27). The number of nitrogens with zero attached hydrogens (tertiary/aromatic N) is 1. The van der Waals surface area contributed by atoms with Crippen molar-refractivity contribution in [3.05, 3.63) is 58.0 Å². The molecule has 1 unspecified atom stereocenters. The third-order valence-corrected chi connectivity index (χ3v) is 6.02. The van der Waals surface area contributed by atoms with Gasteiger partial charge in [0.15, 0.2) is 0 Å². The maximum absolute atomic E-state index is 14.0. The number of halogens is 1. The zero-order valence-electron chi connectivity index (χ0n) is 17.1. The number of nitrogens with one attached hydrogen (secondary N) is 2. The molecule has 8 heteroatoms. The zero-order valence-corrected chi connectivity index (χ0v) is 17.9. The van der Waals surface area contributed by atoms with Crippen LogP contribution < -0.4 is 10.6 Å². The van der Waals surface area contributed by atoms with Crippen LogP contribution in [0.25, 0.3) is 0 Å². The van der Waals surface area contributed by atoms with Crippen molar-refractivity contribution < 1.29 is 18.8 Å². The molecule has 3 rings (SSSR count). The van der Waals surface area contributed by atoms with Gasteiger partial charge in [0.05, 0.1) is 10.4 Å². The summed E-state index contributed by atoms with van der Waals surface area (Å²) in [5, 5.41) is 7.56. The molecule has 0 bridgehead atoms. The van der Waals surface area contributed by atoms with Crippen LogP contribution in [0.1, 0.15) is 46.7 Å². The predicted molar refractivity (Wildman–Crippen MR) is 114 cm³/mol. The van der Waals surface area contributed by atoms with Crippen molar-refractivity contribution in [2.24, 2.45) is 5.92 Å². The summed E-state index contributed by atoms with van der Waals surface area (Å²) in [6.07, 6.45) is 1.09. The molecule has 1 aliphatic heterocycles. The van der Waals surface area contributed by atoms with Gasteiger partial charge in [0.1, 0.15) is 11.9 Å². The SMILES string of the molecule is CC(C)NC(=O)C(NC(=O)c1cccs1)C1CCN(C(=O)c2ccccc2F)CC1. The van der Waals surface area contributed by atoms with Crippen LogP contribution in [0.4, 0.5) is 4.39 Å². The van der Waals surface area contributed by atoms with E-state index in [1.54, 1.807) is 29.2 Å². The van der Waals surface area contributed by atoms with Crippen LogP contribution in [0.3, 0.4) is 0 Å². The molecular weight excluding hydrogens is 405 g/mol. The quantitative estimate of drug-likeness (QED) is 0.738. The molecule has 0 aliphatic carbocycles. The fourth-order valence-corrected chi connectivity index (χ4v) is 4.26. The van der Waals surface area contributed by atoms with E-state index in [0.29, 0.717) is 30.8 Å². The van der Waals surface area contributed by atoms with Gasteiger partial charge in [-0.3, -0.25) is 14.4 Å². The van der Waals surface area contributed by atoms with E-state index >= 15 is 0 Å². The van der Waals surface area contributed by atoms with E-state index in [1.807, 2.05) is 19.2 Å². The maximum atomic E-state index is 14.0. The number of rotatable bonds is 6. The second kappa shape index (κ2) is 9.84. The topological polar surface area (TPSA) is 78.5 Å². The summed E-state index contributed by atoms with van der Waals surface area (Å²) < 4.78 is 14.0. The molecule has 2 heterocycles. The highest BCUT2D eigenvalue weighted by Gasteiger charge is 2.34. The molecule has 0 radical (unpaired) electrons. The lowest BCUT2D eigenvalue weighted by Crippen LogP contribution is -2.54. The van der Waals surface area contributed by atoms with E-state index in [-0.39, 0.29) is 35.2 Å². The summed E-state index contributed by atoms with van der Waals surface area (Å²) in [4.78, 5) is 40.1. The van der Waals surface area contributed by atoms with E-state index in [0.717, 1.165) is 0 Å². The first-order valence-corrected chi connectivity index (χ1v) is 10.9. The Morgan fingerprint density at radius 3 is 2.37 bits per heavy atom. The third-order valence-electron chi connectivity index (χ3n) is 5.15. The third kappa shape index (κ3) is 5.24. The second-order valence-corrected chi connectivity index (χ2v) is 8.65. The van der Waals surface area contributed by atoms with Crippen molar-refractivity contribution in [2.75, 3.05) is 13.1 Å². The molecule has 1 aromatic carbocycles. The number of benzene rings is 1. The number of likely N-dealkylation sites (tertiary alicyclic amines) is 1. The van der Waals surface area contributed by atoms with Gasteiger partial charge in [-0.2, -0.15) is 0 Å². The molecule has 1 aromatic heterocycles. The number of hydrogen-bond donors (Lipinski definition) is 2. The van der Waals surface area contributed by atoms with Gasteiger partial charge < -0.3 is 15.5 Å². The first kappa shape index (κ1) is 22.0. The van der Waals surface area contributed by atoms with E-state index in [4.69, 9.17) is 0 Å². The summed E-state index contributed by atoms with van der Waals surface area (Å²) in [5.41, 5.74) is 0.0519. The van der Waals surface area contributed by atoms with Gasteiger partial charge in [0.25, 0.3) is 11.8 Å². The number of piperidine rings is 1. The van der Waals surface area contributed by atoms with Crippen LogP contribution >= 0.6 is 11.3 Å². The Bertz CT molecular complexity index is 893. The van der Waals surface area contributed by atoms with E-state index in [2.05, 4.69) is 10.6 Å². The van der Waals surface area contributed by atoms with Gasteiger partial charge in [0, 0.05) is 19.1 Å². The predicted octanol–water partition coefficient (Wildman–Crippen LogP) is 3.06. The Balaban J connectivity index is 1.68. The molecule has 1 fully saturated rings. The van der Waals surface area contributed by atoms with Crippen LogP contribution in [0, 0.1) is 11.7 Å². The molecule has 0 spiro atoms. The van der Waals surface area contributed by atoms with Gasteiger partial charge >= 0.3 is 0 Å². The van der Waals surface area contributed by atoms with E-state index in [9.17, 15) is 18.8 Å². The summed E-state index contributed by atoms with van der Waals surface area (Å²) in [6, 6.07) is 8.69. The summed E-state index contributed by atoms with van der Waals surface area (Å²) >= 11 is 1.32. The minimum atomic E-state index is -0.687. The Morgan fingerprint density at radius 2 is 1.77 bits per heavy atom. The summed E-state index contributed by atoms with van der Waals surface area (Å²) in [5.74, 6) is -1.51. The van der Waals surface area contributed by atoms with Crippen LogP contribution in [0.5, 0.6) is 0 Å². The molecule has 30 heavy (non-hydrogen) atoms. The number of carbonyl (C=O) groups excluding carboxylic acids is 3. The van der Waals surface area contributed by atoms with Crippen LogP contribution in [-0.4, -0.2) is 47.8 Å². The number of thiophene rings is 1. The van der Waals surface area contributed by atoms with Crippen molar-refractivity contribution in [2.45, 2.75) is 38.8 Å². The zero-order chi connectivity index (χ0) is 21.7. The molecular formula is C22H26FN3O3S. The molecule has 1 saturated heterocycles. The van der Waals surface area contributed by atoms with Crippen molar-refractivity contribution in [1.29, 1.82) is 0 Å². The summed E-state index contributed by atoms with van der Waals surface area (Å²) in [7, 11) is 0. The highest BCUT2D eigenvalue weighted by Crippen LogP contribution is 2.24. The second-order valence-electron chi connectivity index (χ2n) is 7.70. The van der Waals surface area contributed by atoms with Crippen molar-refractivity contribution in [3.8, 4) is 0 Å². The van der Waals surface area contributed by atoms with Gasteiger partial charge in [-0.1, -0.05) is 18.2 Å². The lowest BCUT2D eigenvalue weighted by atomic mass is 9.88. The lowest BCUT2D eigenvalue weighted by Gasteiger charge is -2.36. The molecule has 6 nitrogen and oxygen atoms in total. The molecule has 1 atom stereocenters. The number of amides is 3. The van der Waals surface area contributed by atoms with Gasteiger partial charge in [-0.15, -0.1) is 11.3 Å². The molecule has 160 valence electrons. The largest absolute Gasteiger partial charge is 0.352 e. The van der Waals surface area contributed by atoms with Gasteiger partial charge in [-0.25, -0.2) is 4.39 Å². The van der Waals surface area contributed by atoms with Crippen molar-refractivity contribution in [1.82, 2.24) is 15.5 Å². The van der Waals surface area contributed by atoms with Gasteiger partial charge in [0.2, 0.25) is 5.91 Å². The minimum absolute atomic E-state index is 0.0519. The molecule has 2 N–H and O–H groups in total. The highest BCUT2D eigenvalue weighted by molar-refractivity contribution is 7.12. The Labute approximate surface area is 179 Å². The Hall–Kier alpha value is -2.74. The highest BCUT2D eigenvalue weighted by atomic mass is 32.1. The van der Waals surface area contributed by atoms with Crippen molar-refractivity contribution >= 4 is 29.1 Å². The summed E-state index contributed by atoms with van der Waals surface area (Å²) in [6.45, 7) is 4.54. The first-order valence-electron chi connectivity index (χ1n) is 10.1. The normalized spacial score (nSPS) is 15.7. The molecule has 3 amide bonds. The van der Waals surface area contributed by atoms with Gasteiger partial charge in [-0.05, 0) is 56.2 Å². The molecule has 2 aromatic rings. The number of carbonyl (C=O) groups is 3. The van der Waals surface area contributed by atoms with E-state index < -0.39 is 11.9 Å². The maximum Gasteiger partial charge on any atom is 0.262 e. The Morgan fingerprint density at radius 1 is 1.07 bits per heavy atom. The lowest BCUT2D eigenvalue weighted by molar-refractivity contribution is -0.125. The fraction of sp³-hybridized carbons (Fsp3) is 0.409. The number of hydrogen-bond acceptors (Lipinski definition) is 4. The smallest absolute Gasteiger partial charge is 0.262 e. The molecule has 1 aliphatic rings. The monoisotopic (exact) mass is 431 g/mol. The average molecular weight is 432 g/mol. The minimum Gasteiger partial charge on any atom is -0.352 e. The molecule has 0 saturated carbocycles. The average Bonchev–Trinajstić information content (AvgIpc) is 3.26. The van der Waals surface area contributed by atoms with Crippen LogP contribution in [0.2, 0.25) is 0 Å². The Kier molecular flexibility index (Phi) is 7.20. The first-order chi connectivity index (χ1) is 14.4. The van der Waals surface area contributed by atoms with Crippen molar-refractivity contribution in [3.63, 3.8) is 0 Å².